The van der Waals surface area contributed by atoms with E-state index in [-0.39, 0.29) is 11.8 Å². The summed E-state index contributed by atoms with van der Waals surface area (Å²) in [5.74, 6) is 2.23. The molecule has 58 heavy (non-hydrogen) atoms. The van der Waals surface area contributed by atoms with Gasteiger partial charge in [0.25, 0.3) is 0 Å². The molecule has 2 aromatic heterocycles. The molecule has 0 saturated heterocycles. The topological polar surface area (TPSA) is 26.3 Å². The van der Waals surface area contributed by atoms with Crippen molar-refractivity contribution in [3.63, 3.8) is 0 Å². The Morgan fingerprint density at radius 2 is 0.931 bits per heavy atom. The molecule has 0 fully saturated rings. The van der Waals surface area contributed by atoms with Crippen LogP contribution in [0.4, 0.5) is 0 Å². The van der Waals surface area contributed by atoms with Gasteiger partial charge in [0.2, 0.25) is 0 Å². The Kier molecular flexibility index (Phi) is 9.97. The van der Waals surface area contributed by atoms with Crippen molar-refractivity contribution in [1.29, 1.82) is 0 Å². The molecule has 2 atom stereocenters. The summed E-state index contributed by atoms with van der Waals surface area (Å²) in [5.41, 5.74) is 15.4. The van der Waals surface area contributed by atoms with E-state index in [0.29, 0.717) is 0 Å². The average molecular weight is 890 g/mol. The summed E-state index contributed by atoms with van der Waals surface area (Å²) < 4.78 is 12.9. The summed E-state index contributed by atoms with van der Waals surface area (Å²) in [4.78, 5) is 0. The number of furan rings is 2. The maximum atomic E-state index is 7.42. The van der Waals surface area contributed by atoms with Crippen LogP contribution in [0, 0.1) is 27.7 Å². The van der Waals surface area contributed by atoms with Crippen LogP contribution in [-0.2, 0) is 18.5 Å². The second-order valence-electron chi connectivity index (χ2n) is 16.2. The van der Waals surface area contributed by atoms with Crippen molar-refractivity contribution in [2.24, 2.45) is 0 Å². The third-order valence-electron chi connectivity index (χ3n) is 12.6. The number of aryl methyl sites for hydroxylation is 4. The number of rotatable bonds is 9. The van der Waals surface area contributed by atoms with Gasteiger partial charge >= 0.3 is 359 Å². The molecule has 0 spiro atoms. The minimum absolute atomic E-state index is 0.142. The van der Waals surface area contributed by atoms with Crippen molar-refractivity contribution < 1.29 is 27.4 Å². The Morgan fingerprint density at radius 1 is 0.500 bits per heavy atom. The summed E-state index contributed by atoms with van der Waals surface area (Å²) in [6.45, 7) is 8.55. The summed E-state index contributed by atoms with van der Waals surface area (Å²) >= 11 is -2.81. The van der Waals surface area contributed by atoms with Gasteiger partial charge in [-0.3, -0.25) is 0 Å². The van der Waals surface area contributed by atoms with Crippen LogP contribution in [0.3, 0.4) is 0 Å². The normalized spacial score (nSPS) is 16.4. The van der Waals surface area contributed by atoms with Gasteiger partial charge in [0.15, 0.2) is 0 Å². The summed E-state index contributed by atoms with van der Waals surface area (Å²) in [5, 5.41) is 5.03. The number of allylic oxidation sites excluding steroid dienone is 2. The summed E-state index contributed by atoms with van der Waals surface area (Å²) in [6.07, 6.45) is 4.83. The Hall–Kier alpha value is -4.44. The monoisotopic (exact) mass is 887 g/mol. The predicted molar refractivity (Wildman–Crippen MR) is 245 cm³/mol. The molecule has 8 aromatic rings. The van der Waals surface area contributed by atoms with Crippen molar-refractivity contribution in [3.05, 3.63) is 190 Å². The van der Waals surface area contributed by atoms with Gasteiger partial charge in [-0.15, -0.1) is 0 Å². The average Bonchev–Trinajstić information content (AvgIpc) is 4.03. The van der Waals surface area contributed by atoms with E-state index in [1.807, 2.05) is 13.8 Å². The zero-order valence-corrected chi connectivity index (χ0v) is 38.2. The van der Waals surface area contributed by atoms with Crippen molar-refractivity contribution >= 4 is 67.8 Å². The molecule has 6 heteroatoms. The summed E-state index contributed by atoms with van der Waals surface area (Å²) in [7, 11) is 14.8. The molecule has 2 heterocycles. The fraction of sp³-hybridized carbons (Fsp3) is 0.154. The molecule has 10 rings (SSSR count). The molecule has 0 amide bonds. The van der Waals surface area contributed by atoms with Gasteiger partial charge < -0.3 is 0 Å². The van der Waals surface area contributed by atoms with Crippen LogP contribution in [0.2, 0.25) is 12.1 Å². The van der Waals surface area contributed by atoms with E-state index in [4.69, 9.17) is 25.9 Å². The van der Waals surface area contributed by atoms with Crippen molar-refractivity contribution in [2.45, 2.75) is 51.6 Å². The van der Waals surface area contributed by atoms with E-state index >= 15 is 0 Å². The van der Waals surface area contributed by atoms with Crippen LogP contribution in [0.15, 0.2) is 142 Å². The van der Waals surface area contributed by atoms with E-state index < -0.39 is 24.4 Å². The first-order valence-corrected chi connectivity index (χ1v) is 33.0. The van der Waals surface area contributed by atoms with Gasteiger partial charge in [-0.25, -0.2) is 0 Å². The fourth-order valence-electron chi connectivity index (χ4n) is 9.87. The summed E-state index contributed by atoms with van der Waals surface area (Å²) in [6, 6.07) is 50.5. The molecule has 2 aliphatic carbocycles. The Morgan fingerprint density at radius 3 is 1.34 bits per heavy atom. The van der Waals surface area contributed by atoms with Gasteiger partial charge in [0, 0.05) is 0 Å². The van der Waals surface area contributed by atoms with Gasteiger partial charge in [-0.2, -0.15) is 0 Å². The third-order valence-corrected chi connectivity index (χ3v) is 34.3. The van der Waals surface area contributed by atoms with Crippen LogP contribution >= 0.6 is 17.0 Å². The number of fused-ring (bicyclic) bond motifs is 4. The molecule has 0 saturated carbocycles. The van der Waals surface area contributed by atoms with Gasteiger partial charge in [0.05, 0.1) is 0 Å². The van der Waals surface area contributed by atoms with Crippen LogP contribution in [-0.4, -0.2) is 5.92 Å². The Balaban J connectivity index is 1.09. The predicted octanol–water partition coefficient (Wildman–Crippen LogP) is 15.4. The third kappa shape index (κ3) is 6.58. The molecular weight excluding hydrogens is 847 g/mol. The van der Waals surface area contributed by atoms with Crippen LogP contribution < -0.4 is 0 Å². The van der Waals surface area contributed by atoms with Crippen LogP contribution in [0.1, 0.15) is 68.3 Å². The molecule has 6 aromatic carbocycles. The first-order valence-electron chi connectivity index (χ1n) is 20.2. The zero-order valence-electron chi connectivity index (χ0n) is 33.1. The van der Waals surface area contributed by atoms with E-state index in [0.717, 1.165) is 35.1 Å². The van der Waals surface area contributed by atoms with Crippen molar-refractivity contribution in [2.75, 3.05) is 0 Å². The van der Waals surface area contributed by atoms with Crippen LogP contribution in [0.25, 0.3) is 67.1 Å². The Labute approximate surface area is 356 Å². The molecule has 2 nitrogen and oxygen atoms in total. The zero-order chi connectivity index (χ0) is 39.7. The molecule has 2 unspecified atom stereocenters. The molecule has 0 radical (unpaired) electrons. The second kappa shape index (κ2) is 15.3. The number of halogens is 2. The van der Waals surface area contributed by atoms with Gasteiger partial charge in [-0.1, -0.05) is 0 Å². The number of hydrogen-bond acceptors (Lipinski definition) is 2. The van der Waals surface area contributed by atoms with Crippen LogP contribution in [0.5, 0.6) is 0 Å². The number of benzene rings is 6. The van der Waals surface area contributed by atoms with Gasteiger partial charge in [-0.05, 0) is 0 Å². The van der Waals surface area contributed by atoms with E-state index in [1.54, 1.807) is 0 Å². The first-order chi connectivity index (χ1) is 28.2. The molecule has 0 N–H and O–H groups in total. The Bertz CT molecular complexity index is 2760. The number of hydrogen-bond donors (Lipinski definition) is 0. The molecule has 0 bridgehead atoms. The fourth-order valence-corrected chi connectivity index (χ4v) is 25.0. The van der Waals surface area contributed by atoms with E-state index in [2.05, 4.69) is 159 Å². The maximum absolute atomic E-state index is 7.42. The quantitative estimate of drug-likeness (QED) is 0.135. The first kappa shape index (κ1) is 37.8. The van der Waals surface area contributed by atoms with Crippen molar-refractivity contribution in [1.82, 2.24) is 0 Å². The molecule has 2 aliphatic rings. The van der Waals surface area contributed by atoms with E-state index in [1.165, 1.54) is 88.3 Å². The van der Waals surface area contributed by atoms with Crippen molar-refractivity contribution in [3.8, 4) is 22.3 Å². The minimum atomic E-state index is -2.81. The molecular formula is C52H43Cl2O2SiZr. The molecule has 285 valence electrons. The molecule has 0 aliphatic heterocycles. The van der Waals surface area contributed by atoms with Gasteiger partial charge in [0.1, 0.15) is 0 Å². The SMILES string of the molecule is Cc1ccc(C2=Cc3c(ccc(C)c3-c3cccc4ccccc34)C2C[SiH](CC2C(c3ccc(C)o3)=Cc3c2ccc(C)c3-c2cccc3ccccc23)[Zr]([Cl])[Cl])o1. The second-order valence-corrected chi connectivity index (χ2v) is 39.6. The standard InChI is InChI=1S/C52H43O2Si.2ClH.Zr/c1-31-19-23-39-45(51(31)41-17-9-13-35-11-5-7-15-37(35)41)27-43(49-25-21-33(3)53-49)47(39)29-55-30-48-40-24-20-32(2)52(42-18-10-14-36-12-6-8-16-38(36)42)46(40)28-44(48)50-26-22-34(4)54-50;;;/h5-28,47-48,55H,29-30H2,1-4H3;2*1H;/q;;;+2/p-2. The van der Waals surface area contributed by atoms with E-state index in [9.17, 15) is 0 Å².